The molecule has 0 saturated carbocycles. The van der Waals surface area contributed by atoms with Crippen molar-refractivity contribution in [3.8, 4) is 5.75 Å². The highest BCUT2D eigenvalue weighted by molar-refractivity contribution is 5.27. The molecule has 1 heterocycles. The third-order valence-corrected chi connectivity index (χ3v) is 3.04. The summed E-state index contributed by atoms with van der Waals surface area (Å²) in [5.74, 6) is 1.53. The molecule has 20 heavy (non-hydrogen) atoms. The monoisotopic (exact) mass is 271 g/mol. The summed E-state index contributed by atoms with van der Waals surface area (Å²) in [6, 6.07) is 9.29. The maximum atomic E-state index is 9.47. The van der Waals surface area contributed by atoms with Gasteiger partial charge in [0.05, 0.1) is 5.69 Å². The molecule has 1 aromatic carbocycles. The van der Waals surface area contributed by atoms with Crippen LogP contribution in [0.25, 0.3) is 0 Å². The maximum Gasteiger partial charge on any atom is 0.131 e. The minimum atomic E-state index is 0.306. The summed E-state index contributed by atoms with van der Waals surface area (Å²) in [7, 11) is 2.04. The minimum Gasteiger partial charge on any atom is -0.508 e. The van der Waals surface area contributed by atoms with E-state index in [1.165, 1.54) is 0 Å². The third kappa shape index (κ3) is 4.03. The minimum absolute atomic E-state index is 0.306. The van der Waals surface area contributed by atoms with Gasteiger partial charge in [0.1, 0.15) is 11.6 Å². The van der Waals surface area contributed by atoms with E-state index in [-0.39, 0.29) is 0 Å². The van der Waals surface area contributed by atoms with Crippen LogP contribution >= 0.6 is 0 Å². The maximum absolute atomic E-state index is 9.47. The summed E-state index contributed by atoms with van der Waals surface area (Å²) in [5.41, 5.74) is 2.11. The summed E-state index contributed by atoms with van der Waals surface area (Å²) < 4.78 is 0. The highest BCUT2D eigenvalue weighted by Crippen LogP contribution is 2.14. The average molecular weight is 271 g/mol. The van der Waals surface area contributed by atoms with E-state index >= 15 is 0 Å². The second-order valence-corrected chi connectivity index (χ2v) is 5.40. The van der Waals surface area contributed by atoms with E-state index in [9.17, 15) is 5.11 Å². The van der Waals surface area contributed by atoms with E-state index < -0.39 is 0 Å². The van der Waals surface area contributed by atoms with Gasteiger partial charge in [-0.2, -0.15) is 0 Å². The Morgan fingerprint density at radius 1 is 1.20 bits per heavy atom. The van der Waals surface area contributed by atoms with Crippen molar-refractivity contribution in [3.63, 3.8) is 0 Å². The molecule has 2 aromatic rings. The molecule has 0 aliphatic carbocycles. The number of benzene rings is 1. The van der Waals surface area contributed by atoms with Gasteiger partial charge in [-0.1, -0.05) is 26.0 Å². The van der Waals surface area contributed by atoms with Crippen molar-refractivity contribution in [2.45, 2.75) is 32.9 Å². The van der Waals surface area contributed by atoms with Crippen molar-refractivity contribution in [1.29, 1.82) is 0 Å². The second-order valence-electron chi connectivity index (χ2n) is 5.40. The van der Waals surface area contributed by atoms with E-state index in [0.29, 0.717) is 11.7 Å². The zero-order chi connectivity index (χ0) is 14.5. The van der Waals surface area contributed by atoms with Gasteiger partial charge in [0.2, 0.25) is 0 Å². The van der Waals surface area contributed by atoms with Gasteiger partial charge in [0.25, 0.3) is 0 Å². The molecule has 4 heteroatoms. The number of hydrogen-bond donors (Lipinski definition) is 1. The first-order chi connectivity index (χ1) is 9.54. The van der Waals surface area contributed by atoms with Crippen LogP contribution in [0.2, 0.25) is 0 Å². The Morgan fingerprint density at radius 3 is 2.70 bits per heavy atom. The Labute approximate surface area is 120 Å². The van der Waals surface area contributed by atoms with Crippen molar-refractivity contribution in [3.05, 3.63) is 53.6 Å². The van der Waals surface area contributed by atoms with E-state index in [4.69, 9.17) is 0 Å². The fourth-order valence-corrected chi connectivity index (χ4v) is 2.08. The zero-order valence-electron chi connectivity index (χ0n) is 12.2. The largest absolute Gasteiger partial charge is 0.508 e. The molecule has 0 fully saturated rings. The number of hydrogen-bond acceptors (Lipinski definition) is 4. The summed E-state index contributed by atoms with van der Waals surface area (Å²) in [6.45, 7) is 5.72. The van der Waals surface area contributed by atoms with Crippen molar-refractivity contribution in [1.82, 2.24) is 14.9 Å². The Bertz CT molecular complexity index is 569. The van der Waals surface area contributed by atoms with Crippen LogP contribution in [0.15, 0.2) is 36.5 Å². The summed E-state index contributed by atoms with van der Waals surface area (Å²) in [6.07, 6.45) is 1.82. The molecule has 0 atom stereocenters. The molecule has 0 amide bonds. The molecule has 4 nitrogen and oxygen atoms in total. The topological polar surface area (TPSA) is 49.2 Å². The summed E-state index contributed by atoms with van der Waals surface area (Å²) in [4.78, 5) is 11.0. The number of nitrogens with zero attached hydrogens (tertiary/aromatic N) is 3. The van der Waals surface area contributed by atoms with E-state index in [2.05, 4.69) is 28.7 Å². The van der Waals surface area contributed by atoms with Crippen molar-refractivity contribution < 1.29 is 5.11 Å². The van der Waals surface area contributed by atoms with Crippen LogP contribution in [0.3, 0.4) is 0 Å². The molecule has 0 aliphatic rings. The van der Waals surface area contributed by atoms with Gasteiger partial charge in [0, 0.05) is 25.2 Å². The highest BCUT2D eigenvalue weighted by atomic mass is 16.3. The van der Waals surface area contributed by atoms with Crippen LogP contribution in [-0.4, -0.2) is 27.0 Å². The van der Waals surface area contributed by atoms with Gasteiger partial charge in [-0.3, -0.25) is 4.90 Å². The number of phenols is 1. The lowest BCUT2D eigenvalue weighted by Crippen LogP contribution is -2.18. The van der Waals surface area contributed by atoms with Crippen LogP contribution in [0.5, 0.6) is 5.75 Å². The van der Waals surface area contributed by atoms with Gasteiger partial charge in [-0.25, -0.2) is 9.97 Å². The van der Waals surface area contributed by atoms with Crippen molar-refractivity contribution in [2.24, 2.45) is 0 Å². The predicted octanol–water partition coefficient (Wildman–Crippen LogP) is 2.94. The molecule has 0 unspecified atom stereocenters. The Balaban J connectivity index is 2.01. The SMILES string of the molecule is CC(C)c1nccc(CN(C)Cc2cccc(O)c2)n1. The fourth-order valence-electron chi connectivity index (χ4n) is 2.08. The predicted molar refractivity (Wildman–Crippen MR) is 79.4 cm³/mol. The van der Waals surface area contributed by atoms with Gasteiger partial charge >= 0.3 is 0 Å². The lowest BCUT2D eigenvalue weighted by molar-refractivity contribution is 0.314. The zero-order valence-corrected chi connectivity index (χ0v) is 12.2. The summed E-state index contributed by atoms with van der Waals surface area (Å²) >= 11 is 0. The lowest BCUT2D eigenvalue weighted by Gasteiger charge is -2.17. The smallest absolute Gasteiger partial charge is 0.131 e. The average Bonchev–Trinajstić information content (AvgIpc) is 2.38. The van der Waals surface area contributed by atoms with Crippen LogP contribution in [0.1, 0.15) is 36.8 Å². The van der Waals surface area contributed by atoms with E-state index in [0.717, 1.165) is 30.2 Å². The number of aromatic nitrogens is 2. The molecule has 0 saturated heterocycles. The van der Waals surface area contributed by atoms with Crippen LogP contribution in [0, 0.1) is 0 Å². The van der Waals surface area contributed by atoms with E-state index in [1.54, 1.807) is 12.1 Å². The van der Waals surface area contributed by atoms with Crippen LogP contribution < -0.4 is 0 Å². The molecule has 0 aliphatic heterocycles. The van der Waals surface area contributed by atoms with Crippen molar-refractivity contribution in [2.75, 3.05) is 7.05 Å². The van der Waals surface area contributed by atoms with Gasteiger partial charge in [-0.05, 0) is 30.8 Å². The molecule has 106 valence electrons. The Hall–Kier alpha value is -1.94. The quantitative estimate of drug-likeness (QED) is 0.908. The fraction of sp³-hybridized carbons (Fsp3) is 0.375. The molecule has 1 aromatic heterocycles. The number of aromatic hydroxyl groups is 1. The second kappa shape index (κ2) is 6.48. The lowest BCUT2D eigenvalue weighted by atomic mass is 10.2. The molecule has 0 radical (unpaired) electrons. The Morgan fingerprint density at radius 2 is 2.00 bits per heavy atom. The first kappa shape index (κ1) is 14.5. The molecule has 2 rings (SSSR count). The van der Waals surface area contributed by atoms with Gasteiger partial charge in [-0.15, -0.1) is 0 Å². The molecule has 0 spiro atoms. The number of rotatable bonds is 5. The van der Waals surface area contributed by atoms with Crippen molar-refractivity contribution >= 4 is 0 Å². The van der Waals surface area contributed by atoms with E-state index in [1.807, 2.05) is 31.4 Å². The third-order valence-electron chi connectivity index (χ3n) is 3.04. The first-order valence-electron chi connectivity index (χ1n) is 6.83. The molecule has 1 N–H and O–H groups in total. The highest BCUT2D eigenvalue weighted by Gasteiger charge is 2.07. The van der Waals surface area contributed by atoms with Gasteiger partial charge < -0.3 is 5.11 Å². The molecular weight excluding hydrogens is 250 g/mol. The number of phenolic OH excluding ortho intramolecular Hbond substituents is 1. The van der Waals surface area contributed by atoms with Gasteiger partial charge in [0.15, 0.2) is 0 Å². The van der Waals surface area contributed by atoms with Crippen LogP contribution in [-0.2, 0) is 13.1 Å². The summed E-state index contributed by atoms with van der Waals surface area (Å²) in [5, 5.41) is 9.47. The standard InChI is InChI=1S/C16H21N3O/c1-12(2)16-17-8-7-14(18-16)11-19(3)10-13-5-4-6-15(20)9-13/h4-9,12,20H,10-11H2,1-3H3. The van der Waals surface area contributed by atoms with Crippen LogP contribution in [0.4, 0.5) is 0 Å². The normalized spacial score (nSPS) is 11.2. The Kier molecular flexibility index (Phi) is 4.69. The molecule has 0 bridgehead atoms. The molecular formula is C16H21N3O. The first-order valence-corrected chi connectivity index (χ1v) is 6.83.